The maximum atomic E-state index is 13.4. The average Bonchev–Trinajstić information content (AvgIpc) is 3.48. The Labute approximate surface area is 200 Å². The van der Waals surface area contributed by atoms with E-state index in [1.165, 1.54) is 0 Å². The summed E-state index contributed by atoms with van der Waals surface area (Å²) in [4.78, 5) is 30.9. The third-order valence-corrected chi connectivity index (χ3v) is 6.30. The maximum absolute atomic E-state index is 13.4. The van der Waals surface area contributed by atoms with Crippen LogP contribution in [0.4, 0.5) is 4.79 Å². The topological polar surface area (TPSA) is 71.1 Å². The van der Waals surface area contributed by atoms with Gasteiger partial charge in [-0.1, -0.05) is 12.1 Å². The van der Waals surface area contributed by atoms with Crippen molar-refractivity contribution in [2.75, 3.05) is 27.3 Å². The van der Waals surface area contributed by atoms with Crippen LogP contribution >= 0.6 is 11.3 Å². The molecular formula is C25H35N3O4S. The summed E-state index contributed by atoms with van der Waals surface area (Å²) in [5.74, 6) is 1.31. The van der Waals surface area contributed by atoms with Crippen LogP contribution in [0.1, 0.15) is 44.1 Å². The molecule has 8 heteroatoms. The van der Waals surface area contributed by atoms with Gasteiger partial charge in [0.1, 0.15) is 6.54 Å². The molecule has 180 valence electrons. The summed E-state index contributed by atoms with van der Waals surface area (Å²) >= 11 is 1.63. The quantitative estimate of drug-likeness (QED) is 0.558. The van der Waals surface area contributed by atoms with Gasteiger partial charge in [0, 0.05) is 23.0 Å². The first-order chi connectivity index (χ1) is 15.7. The monoisotopic (exact) mass is 473 g/mol. The van der Waals surface area contributed by atoms with Gasteiger partial charge in [-0.2, -0.15) is 0 Å². The molecule has 1 fully saturated rings. The Morgan fingerprint density at radius 2 is 1.85 bits per heavy atom. The predicted octanol–water partition coefficient (Wildman–Crippen LogP) is 4.31. The van der Waals surface area contributed by atoms with E-state index in [0.29, 0.717) is 31.0 Å². The zero-order chi connectivity index (χ0) is 24.0. The maximum Gasteiger partial charge on any atom is 0.318 e. The molecule has 0 aliphatic heterocycles. The van der Waals surface area contributed by atoms with Crippen LogP contribution in [0.2, 0.25) is 0 Å². The number of carbonyl (C=O) groups excluding carboxylic acids is 2. The lowest BCUT2D eigenvalue weighted by molar-refractivity contribution is -0.132. The molecule has 3 rings (SSSR count). The summed E-state index contributed by atoms with van der Waals surface area (Å²) in [6, 6.07) is 9.81. The SMILES string of the molecule is COc1ccc(CCN(Cc2cccs2)C(=O)CN(C(=O)NC(C)(C)C)C2CC2)cc1OC. The lowest BCUT2D eigenvalue weighted by Crippen LogP contribution is -2.52. The van der Waals surface area contributed by atoms with Crippen molar-refractivity contribution in [3.63, 3.8) is 0 Å². The van der Waals surface area contributed by atoms with Crippen LogP contribution in [0.3, 0.4) is 0 Å². The molecular weight excluding hydrogens is 438 g/mol. The third-order valence-electron chi connectivity index (χ3n) is 5.43. The van der Waals surface area contributed by atoms with Gasteiger partial charge in [-0.15, -0.1) is 11.3 Å². The Balaban J connectivity index is 1.71. The molecule has 0 atom stereocenters. The van der Waals surface area contributed by atoms with Crippen molar-refractivity contribution in [1.29, 1.82) is 0 Å². The minimum absolute atomic E-state index is 0.0418. The fourth-order valence-electron chi connectivity index (χ4n) is 3.57. The number of urea groups is 1. The van der Waals surface area contributed by atoms with Crippen LogP contribution in [0, 0.1) is 0 Å². The first kappa shape index (κ1) is 24.9. The van der Waals surface area contributed by atoms with Crippen LogP contribution < -0.4 is 14.8 Å². The smallest absolute Gasteiger partial charge is 0.318 e. The van der Waals surface area contributed by atoms with Crippen molar-refractivity contribution in [3.05, 3.63) is 46.2 Å². The number of thiophene rings is 1. The van der Waals surface area contributed by atoms with Crippen LogP contribution in [0.25, 0.3) is 0 Å². The summed E-state index contributed by atoms with van der Waals surface area (Å²) in [7, 11) is 3.23. The Bertz CT molecular complexity index is 936. The fraction of sp³-hybridized carbons (Fsp3) is 0.520. The van der Waals surface area contributed by atoms with Crippen LogP contribution in [0.15, 0.2) is 35.7 Å². The van der Waals surface area contributed by atoms with E-state index in [-0.39, 0.29) is 30.1 Å². The van der Waals surface area contributed by atoms with Gasteiger partial charge in [0.15, 0.2) is 11.5 Å². The largest absolute Gasteiger partial charge is 0.493 e. The minimum atomic E-state index is -0.350. The molecule has 1 heterocycles. The Hall–Kier alpha value is -2.74. The number of rotatable bonds is 10. The zero-order valence-corrected chi connectivity index (χ0v) is 21.0. The molecule has 1 aromatic heterocycles. The molecule has 1 aromatic carbocycles. The van der Waals surface area contributed by atoms with E-state index in [2.05, 4.69) is 5.32 Å². The standard InChI is InChI=1S/C25H35N3O4S/c1-25(2,3)26-24(30)28(19-9-10-19)17-23(29)27(16-20-7-6-14-33-20)13-12-18-8-11-21(31-4)22(15-18)32-5/h6-8,11,14-15,19H,9-10,12-13,16-17H2,1-5H3,(H,26,30). The normalized spacial score (nSPS) is 13.4. The number of hydrogen-bond acceptors (Lipinski definition) is 5. The van der Waals surface area contributed by atoms with Crippen LogP contribution in [0.5, 0.6) is 11.5 Å². The molecule has 0 spiro atoms. The molecule has 1 saturated carbocycles. The van der Waals surface area contributed by atoms with Gasteiger partial charge >= 0.3 is 6.03 Å². The van der Waals surface area contributed by atoms with Gasteiger partial charge in [-0.3, -0.25) is 4.79 Å². The Morgan fingerprint density at radius 1 is 1.12 bits per heavy atom. The van der Waals surface area contributed by atoms with Crippen molar-refractivity contribution in [2.45, 2.75) is 58.2 Å². The number of amides is 3. The van der Waals surface area contributed by atoms with E-state index in [9.17, 15) is 9.59 Å². The number of hydrogen-bond donors (Lipinski definition) is 1. The van der Waals surface area contributed by atoms with Gasteiger partial charge < -0.3 is 24.6 Å². The second kappa shape index (κ2) is 10.9. The van der Waals surface area contributed by atoms with Gasteiger partial charge in [0.25, 0.3) is 0 Å². The molecule has 1 aliphatic carbocycles. The van der Waals surface area contributed by atoms with Crippen molar-refractivity contribution in [3.8, 4) is 11.5 Å². The number of carbonyl (C=O) groups is 2. The van der Waals surface area contributed by atoms with Gasteiger partial charge in [0.2, 0.25) is 5.91 Å². The number of ether oxygens (including phenoxy) is 2. The second-order valence-electron chi connectivity index (χ2n) is 9.37. The Kier molecular flexibility index (Phi) is 8.24. The molecule has 0 bridgehead atoms. The highest BCUT2D eigenvalue weighted by Crippen LogP contribution is 2.29. The van der Waals surface area contributed by atoms with E-state index in [1.807, 2.05) is 61.4 Å². The first-order valence-electron chi connectivity index (χ1n) is 11.3. The van der Waals surface area contributed by atoms with Crippen molar-refractivity contribution < 1.29 is 19.1 Å². The number of methoxy groups -OCH3 is 2. The molecule has 1 N–H and O–H groups in total. The summed E-state index contributed by atoms with van der Waals surface area (Å²) in [6.45, 7) is 7.01. The van der Waals surface area contributed by atoms with E-state index in [1.54, 1.807) is 30.5 Å². The molecule has 0 unspecified atom stereocenters. The summed E-state index contributed by atoms with van der Waals surface area (Å²) in [6.07, 6.45) is 2.57. The molecule has 3 amide bonds. The molecule has 0 radical (unpaired) electrons. The molecule has 33 heavy (non-hydrogen) atoms. The highest BCUT2D eigenvalue weighted by Gasteiger charge is 2.36. The van der Waals surface area contributed by atoms with E-state index < -0.39 is 0 Å². The van der Waals surface area contributed by atoms with E-state index in [4.69, 9.17) is 9.47 Å². The number of benzene rings is 1. The molecule has 1 aliphatic rings. The highest BCUT2D eigenvalue weighted by molar-refractivity contribution is 7.09. The van der Waals surface area contributed by atoms with Gasteiger partial charge in [-0.05, 0) is 69.2 Å². The van der Waals surface area contributed by atoms with E-state index >= 15 is 0 Å². The van der Waals surface area contributed by atoms with Gasteiger partial charge in [-0.25, -0.2) is 4.79 Å². The summed E-state index contributed by atoms with van der Waals surface area (Å²) in [5, 5.41) is 5.02. The number of nitrogens with one attached hydrogen (secondary N) is 1. The Morgan fingerprint density at radius 3 is 2.42 bits per heavy atom. The van der Waals surface area contributed by atoms with Crippen LogP contribution in [-0.4, -0.2) is 60.6 Å². The van der Waals surface area contributed by atoms with Crippen molar-refractivity contribution in [2.24, 2.45) is 0 Å². The average molecular weight is 474 g/mol. The lowest BCUT2D eigenvalue weighted by atomic mass is 10.1. The van der Waals surface area contributed by atoms with Gasteiger partial charge in [0.05, 0.1) is 20.8 Å². The minimum Gasteiger partial charge on any atom is -0.493 e. The first-order valence-corrected chi connectivity index (χ1v) is 12.2. The molecule has 0 saturated heterocycles. The van der Waals surface area contributed by atoms with Crippen LogP contribution in [-0.2, 0) is 17.8 Å². The molecule has 2 aromatic rings. The highest BCUT2D eigenvalue weighted by atomic mass is 32.1. The van der Waals surface area contributed by atoms with E-state index in [0.717, 1.165) is 23.3 Å². The lowest BCUT2D eigenvalue weighted by Gasteiger charge is -2.30. The molecule has 7 nitrogen and oxygen atoms in total. The second-order valence-corrected chi connectivity index (χ2v) is 10.4. The zero-order valence-electron chi connectivity index (χ0n) is 20.2. The van der Waals surface area contributed by atoms with Crippen molar-refractivity contribution >= 4 is 23.3 Å². The fourth-order valence-corrected chi connectivity index (χ4v) is 4.29. The van der Waals surface area contributed by atoms with Crippen molar-refractivity contribution in [1.82, 2.24) is 15.1 Å². The summed E-state index contributed by atoms with van der Waals surface area (Å²) in [5.41, 5.74) is 0.707. The predicted molar refractivity (Wildman–Crippen MR) is 131 cm³/mol. The third kappa shape index (κ3) is 7.39. The summed E-state index contributed by atoms with van der Waals surface area (Å²) < 4.78 is 10.7. The number of nitrogens with zero attached hydrogens (tertiary/aromatic N) is 2.